The molecule has 2 heterocycles. The van der Waals surface area contributed by atoms with Crippen LogP contribution in [0.2, 0.25) is 0 Å². The molecule has 0 aliphatic carbocycles. The van der Waals surface area contributed by atoms with Crippen LogP contribution in [0.25, 0.3) is 11.0 Å². The van der Waals surface area contributed by atoms with Gasteiger partial charge in [-0.1, -0.05) is 6.92 Å². The van der Waals surface area contributed by atoms with Crippen LogP contribution in [0.15, 0.2) is 10.9 Å². The number of rotatable bonds is 5. The molecule has 0 amide bonds. The molecule has 2 N–H and O–H groups in total. The van der Waals surface area contributed by atoms with Crippen molar-refractivity contribution in [1.29, 1.82) is 0 Å². The van der Waals surface area contributed by atoms with Crippen molar-refractivity contribution in [1.82, 2.24) is 19.7 Å². The number of aliphatic hydroxyl groups is 1. The first-order chi connectivity index (χ1) is 8.67. The molecule has 2 aromatic heterocycles. The third-order valence-electron chi connectivity index (χ3n) is 2.89. The molecule has 0 fully saturated rings. The standard InChI is InChI=1S/C11H16BrN5O/c1-3-7(4-5-18)15-10-8-9(12)16-17(2)11(8)14-6-13-10/h6-7,18H,3-5H2,1-2H3,(H,13,14,15). The number of nitrogens with zero attached hydrogens (tertiary/aromatic N) is 4. The van der Waals surface area contributed by atoms with Gasteiger partial charge in [-0.3, -0.25) is 0 Å². The molecule has 7 heteroatoms. The van der Waals surface area contributed by atoms with Gasteiger partial charge in [0.05, 0.1) is 5.39 Å². The fourth-order valence-electron chi connectivity index (χ4n) is 1.88. The Labute approximate surface area is 114 Å². The molecule has 1 unspecified atom stereocenters. The topological polar surface area (TPSA) is 75.9 Å². The fraction of sp³-hybridized carbons (Fsp3) is 0.545. The normalized spacial score (nSPS) is 12.9. The van der Waals surface area contributed by atoms with Crippen LogP contribution in [0.3, 0.4) is 0 Å². The number of hydrogen-bond donors (Lipinski definition) is 2. The Hall–Kier alpha value is -1.21. The van der Waals surface area contributed by atoms with Crippen molar-refractivity contribution in [3.63, 3.8) is 0 Å². The Bertz CT molecular complexity index is 541. The van der Waals surface area contributed by atoms with Crippen LogP contribution in [-0.4, -0.2) is 37.5 Å². The summed E-state index contributed by atoms with van der Waals surface area (Å²) in [7, 11) is 1.84. The van der Waals surface area contributed by atoms with Crippen LogP contribution in [0.4, 0.5) is 5.82 Å². The van der Waals surface area contributed by atoms with Crippen LogP contribution in [-0.2, 0) is 7.05 Å². The van der Waals surface area contributed by atoms with Crippen LogP contribution in [0.5, 0.6) is 0 Å². The van der Waals surface area contributed by atoms with E-state index in [1.165, 1.54) is 6.33 Å². The van der Waals surface area contributed by atoms with Gasteiger partial charge in [0, 0.05) is 19.7 Å². The third-order valence-corrected chi connectivity index (χ3v) is 3.44. The minimum absolute atomic E-state index is 0.161. The van der Waals surface area contributed by atoms with E-state index in [9.17, 15) is 0 Å². The summed E-state index contributed by atoms with van der Waals surface area (Å²) < 4.78 is 2.43. The molecule has 2 aromatic rings. The molecule has 0 bridgehead atoms. The first kappa shape index (κ1) is 13.2. The van der Waals surface area contributed by atoms with E-state index in [0.717, 1.165) is 27.9 Å². The summed E-state index contributed by atoms with van der Waals surface area (Å²) in [5.41, 5.74) is 0.776. The van der Waals surface area contributed by atoms with Gasteiger partial charge in [0.25, 0.3) is 0 Å². The Morgan fingerprint density at radius 1 is 1.50 bits per heavy atom. The average molecular weight is 314 g/mol. The summed E-state index contributed by atoms with van der Waals surface area (Å²) in [6.45, 7) is 2.23. The summed E-state index contributed by atoms with van der Waals surface area (Å²) in [5.74, 6) is 0.750. The number of fused-ring (bicyclic) bond motifs is 1. The van der Waals surface area contributed by atoms with Gasteiger partial charge < -0.3 is 10.4 Å². The van der Waals surface area contributed by atoms with Crippen molar-refractivity contribution in [2.75, 3.05) is 11.9 Å². The molecule has 2 rings (SSSR count). The van der Waals surface area contributed by atoms with E-state index in [2.05, 4.69) is 43.2 Å². The first-order valence-corrected chi connectivity index (χ1v) is 6.67. The molecule has 6 nitrogen and oxygen atoms in total. The number of aryl methyl sites for hydroxylation is 1. The van der Waals surface area contributed by atoms with Crippen molar-refractivity contribution >= 4 is 32.8 Å². The summed E-state index contributed by atoms with van der Waals surface area (Å²) in [6, 6.07) is 0.195. The van der Waals surface area contributed by atoms with E-state index in [1.54, 1.807) is 4.68 Å². The Morgan fingerprint density at radius 3 is 2.94 bits per heavy atom. The number of anilines is 1. The van der Waals surface area contributed by atoms with E-state index in [0.29, 0.717) is 6.42 Å². The highest BCUT2D eigenvalue weighted by molar-refractivity contribution is 9.10. The molecule has 0 saturated carbocycles. The number of aliphatic hydroxyl groups excluding tert-OH is 1. The quantitative estimate of drug-likeness (QED) is 0.878. The van der Waals surface area contributed by atoms with E-state index >= 15 is 0 Å². The van der Waals surface area contributed by atoms with Gasteiger partial charge in [0.2, 0.25) is 0 Å². The number of aromatic nitrogens is 4. The van der Waals surface area contributed by atoms with Crippen LogP contribution in [0.1, 0.15) is 19.8 Å². The summed E-state index contributed by atoms with van der Waals surface area (Å²) in [5, 5.41) is 17.5. The maximum absolute atomic E-state index is 9.02. The molecule has 0 aliphatic heterocycles. The highest BCUT2D eigenvalue weighted by atomic mass is 79.9. The minimum Gasteiger partial charge on any atom is -0.396 e. The van der Waals surface area contributed by atoms with Crippen molar-refractivity contribution in [2.24, 2.45) is 7.05 Å². The molecule has 0 spiro atoms. The van der Waals surface area contributed by atoms with Crippen molar-refractivity contribution in [2.45, 2.75) is 25.8 Å². The van der Waals surface area contributed by atoms with Gasteiger partial charge in [-0.25, -0.2) is 14.6 Å². The van der Waals surface area contributed by atoms with E-state index in [-0.39, 0.29) is 12.6 Å². The van der Waals surface area contributed by atoms with Gasteiger partial charge in [-0.15, -0.1) is 0 Å². The second-order valence-corrected chi connectivity index (χ2v) is 4.85. The van der Waals surface area contributed by atoms with Gasteiger partial charge in [-0.2, -0.15) is 5.10 Å². The zero-order valence-electron chi connectivity index (χ0n) is 10.4. The van der Waals surface area contributed by atoms with Gasteiger partial charge in [0.15, 0.2) is 5.65 Å². The maximum Gasteiger partial charge on any atom is 0.164 e. The van der Waals surface area contributed by atoms with Crippen molar-refractivity contribution < 1.29 is 5.11 Å². The lowest BCUT2D eigenvalue weighted by Gasteiger charge is -2.16. The molecule has 0 radical (unpaired) electrons. The molecule has 0 saturated heterocycles. The predicted molar refractivity (Wildman–Crippen MR) is 73.4 cm³/mol. The summed E-state index contributed by atoms with van der Waals surface area (Å²) in [4.78, 5) is 8.48. The molecule has 1 atom stereocenters. The maximum atomic E-state index is 9.02. The third kappa shape index (κ3) is 2.46. The lowest BCUT2D eigenvalue weighted by Crippen LogP contribution is -2.20. The Morgan fingerprint density at radius 2 is 2.28 bits per heavy atom. The average Bonchev–Trinajstić information content (AvgIpc) is 2.65. The lowest BCUT2D eigenvalue weighted by molar-refractivity contribution is 0.278. The van der Waals surface area contributed by atoms with E-state index in [1.807, 2.05) is 7.05 Å². The van der Waals surface area contributed by atoms with Crippen molar-refractivity contribution in [3.05, 3.63) is 10.9 Å². The highest BCUT2D eigenvalue weighted by Gasteiger charge is 2.15. The largest absolute Gasteiger partial charge is 0.396 e. The van der Waals surface area contributed by atoms with Gasteiger partial charge in [0.1, 0.15) is 16.7 Å². The molecule has 18 heavy (non-hydrogen) atoms. The second-order valence-electron chi connectivity index (χ2n) is 4.10. The number of halogens is 1. The molecule has 0 aromatic carbocycles. The van der Waals surface area contributed by atoms with Crippen LogP contribution < -0.4 is 5.32 Å². The van der Waals surface area contributed by atoms with Crippen LogP contribution in [0, 0.1) is 0 Å². The van der Waals surface area contributed by atoms with E-state index < -0.39 is 0 Å². The zero-order valence-corrected chi connectivity index (χ0v) is 12.0. The first-order valence-electron chi connectivity index (χ1n) is 5.88. The smallest absolute Gasteiger partial charge is 0.164 e. The molecule has 0 aliphatic rings. The summed E-state index contributed by atoms with van der Waals surface area (Å²) >= 11 is 3.42. The Kier molecular flexibility index (Phi) is 4.13. The molecular weight excluding hydrogens is 298 g/mol. The van der Waals surface area contributed by atoms with Gasteiger partial charge in [-0.05, 0) is 28.8 Å². The van der Waals surface area contributed by atoms with Crippen molar-refractivity contribution in [3.8, 4) is 0 Å². The number of nitrogens with one attached hydrogen (secondary N) is 1. The van der Waals surface area contributed by atoms with Gasteiger partial charge >= 0.3 is 0 Å². The molecule has 98 valence electrons. The lowest BCUT2D eigenvalue weighted by atomic mass is 10.1. The highest BCUT2D eigenvalue weighted by Crippen LogP contribution is 2.27. The second kappa shape index (κ2) is 5.62. The predicted octanol–water partition coefficient (Wildman–Crippen LogP) is 1.70. The van der Waals surface area contributed by atoms with Crippen LogP contribution >= 0.6 is 15.9 Å². The summed E-state index contributed by atoms with van der Waals surface area (Å²) in [6.07, 6.45) is 3.13. The monoisotopic (exact) mass is 313 g/mol. The van der Waals surface area contributed by atoms with E-state index in [4.69, 9.17) is 5.11 Å². The molecular formula is C11H16BrN5O. The zero-order chi connectivity index (χ0) is 13.1. The minimum atomic E-state index is 0.161. The SMILES string of the molecule is CCC(CCO)Nc1ncnc2c1c(Br)nn2C. The Balaban J connectivity index is 2.38. The fourth-order valence-corrected chi connectivity index (χ4v) is 2.48. The number of hydrogen-bond acceptors (Lipinski definition) is 5.